The van der Waals surface area contributed by atoms with Crippen molar-refractivity contribution in [3.63, 3.8) is 0 Å². The number of aliphatic hydroxyl groups is 2. The molecule has 15 heteroatoms. The standard InChI is InChI=1S/C38H42N4O11/c1-50-34(42-24-29(33(45)39-38(42)49)23-41-19-17-40(18-20-41)21-22-43)32(53-37(48)28-15-9-4-10-16-28)31(52-36(47)27-13-7-3-8-14-27)30(44)25-51-35(46)26-11-5-2-6-12-26/h2-16,24,30-32,34,43-44H,17-23,25H2,1H3,(H,39,45,49)/t30-,31-,32+,34?/m1/s1. The number of carbonyl (C=O) groups excluding carboxylic acids is 3. The van der Waals surface area contributed by atoms with Crippen molar-refractivity contribution in [3.05, 3.63) is 140 Å². The number of aliphatic hydroxyl groups excluding tert-OH is 2. The summed E-state index contributed by atoms with van der Waals surface area (Å²) in [4.78, 5) is 72.9. The number of hydrogen-bond acceptors (Lipinski definition) is 13. The van der Waals surface area contributed by atoms with Crippen LogP contribution in [0, 0.1) is 0 Å². The number of β-amino-alcohol motifs (C(OH)–C–C–N with tert-alkyl or cyclic N) is 1. The summed E-state index contributed by atoms with van der Waals surface area (Å²) in [5.41, 5.74) is -1.00. The Bertz CT molecular complexity index is 1910. The predicted molar refractivity (Wildman–Crippen MR) is 190 cm³/mol. The zero-order chi connectivity index (χ0) is 37.7. The Balaban J connectivity index is 1.52. The molecule has 1 aliphatic heterocycles. The van der Waals surface area contributed by atoms with Crippen LogP contribution < -0.4 is 11.2 Å². The van der Waals surface area contributed by atoms with E-state index in [1.807, 2.05) is 4.90 Å². The molecule has 5 rings (SSSR count). The van der Waals surface area contributed by atoms with Crippen LogP contribution in [0.5, 0.6) is 0 Å². The van der Waals surface area contributed by atoms with Crippen LogP contribution in [0.3, 0.4) is 0 Å². The smallest absolute Gasteiger partial charge is 0.338 e. The van der Waals surface area contributed by atoms with Gasteiger partial charge in [-0.15, -0.1) is 0 Å². The number of H-pyrrole nitrogens is 1. The minimum absolute atomic E-state index is 0.0326. The third kappa shape index (κ3) is 10.3. The second kappa shape index (κ2) is 18.9. The van der Waals surface area contributed by atoms with Crippen molar-refractivity contribution in [2.45, 2.75) is 31.1 Å². The molecule has 1 aromatic heterocycles. The number of benzene rings is 3. The molecule has 15 nitrogen and oxygen atoms in total. The predicted octanol–water partition coefficient (Wildman–Crippen LogP) is 1.46. The van der Waals surface area contributed by atoms with E-state index in [9.17, 15) is 34.2 Å². The second-order valence-electron chi connectivity index (χ2n) is 12.3. The molecule has 1 saturated heterocycles. The molecule has 0 spiro atoms. The molecule has 0 amide bonds. The molecule has 3 aromatic carbocycles. The van der Waals surface area contributed by atoms with Gasteiger partial charge in [0.25, 0.3) is 5.56 Å². The van der Waals surface area contributed by atoms with E-state index < -0.39 is 60.3 Å². The van der Waals surface area contributed by atoms with Crippen LogP contribution in [-0.2, 0) is 25.5 Å². The maximum absolute atomic E-state index is 13.6. The summed E-state index contributed by atoms with van der Waals surface area (Å²) in [6, 6.07) is 23.7. The lowest BCUT2D eigenvalue weighted by Gasteiger charge is -2.35. The van der Waals surface area contributed by atoms with Gasteiger partial charge in [-0.25, -0.2) is 19.2 Å². The first-order valence-electron chi connectivity index (χ1n) is 17.0. The highest BCUT2D eigenvalue weighted by atomic mass is 16.6. The molecule has 3 N–H and O–H groups in total. The number of aromatic nitrogens is 2. The van der Waals surface area contributed by atoms with Gasteiger partial charge in [-0.2, -0.15) is 0 Å². The third-order valence-electron chi connectivity index (χ3n) is 8.72. The average molecular weight is 731 g/mol. The van der Waals surface area contributed by atoms with E-state index in [1.54, 1.807) is 54.6 Å². The van der Waals surface area contributed by atoms with E-state index in [-0.39, 0.29) is 35.4 Å². The fourth-order valence-corrected chi connectivity index (χ4v) is 5.89. The Morgan fingerprint density at radius 2 is 1.23 bits per heavy atom. The number of rotatable bonds is 16. The van der Waals surface area contributed by atoms with E-state index >= 15 is 0 Å². The molecule has 1 aliphatic rings. The summed E-state index contributed by atoms with van der Waals surface area (Å²) >= 11 is 0. The van der Waals surface area contributed by atoms with Gasteiger partial charge in [0.1, 0.15) is 12.7 Å². The van der Waals surface area contributed by atoms with Crippen LogP contribution in [0.25, 0.3) is 0 Å². The van der Waals surface area contributed by atoms with E-state index in [0.29, 0.717) is 32.7 Å². The summed E-state index contributed by atoms with van der Waals surface area (Å²) in [6.07, 6.45) is -5.71. The molecular formula is C38H42N4O11. The Morgan fingerprint density at radius 3 is 1.74 bits per heavy atom. The van der Waals surface area contributed by atoms with Crippen molar-refractivity contribution in [3.8, 4) is 0 Å². The Labute approximate surface area is 304 Å². The second-order valence-corrected chi connectivity index (χ2v) is 12.3. The van der Waals surface area contributed by atoms with Gasteiger partial charge < -0.3 is 29.2 Å². The highest BCUT2D eigenvalue weighted by molar-refractivity contribution is 5.90. The fourth-order valence-electron chi connectivity index (χ4n) is 5.89. The molecule has 0 bridgehead atoms. The average Bonchev–Trinajstić information content (AvgIpc) is 3.19. The zero-order valence-corrected chi connectivity index (χ0v) is 29.1. The number of piperazine rings is 1. The van der Waals surface area contributed by atoms with E-state index in [2.05, 4.69) is 9.88 Å². The lowest BCUT2D eigenvalue weighted by molar-refractivity contribution is -0.153. The van der Waals surface area contributed by atoms with Crippen molar-refractivity contribution >= 4 is 17.9 Å². The molecule has 1 unspecified atom stereocenters. The highest BCUT2D eigenvalue weighted by Crippen LogP contribution is 2.26. The lowest BCUT2D eigenvalue weighted by atomic mass is 10.0. The Morgan fingerprint density at radius 1 is 0.736 bits per heavy atom. The minimum Gasteiger partial charge on any atom is -0.459 e. The number of aromatic amines is 1. The van der Waals surface area contributed by atoms with E-state index in [1.165, 1.54) is 49.7 Å². The number of nitrogens with one attached hydrogen (secondary N) is 1. The summed E-state index contributed by atoms with van der Waals surface area (Å²) in [7, 11) is 1.21. The normalized spacial score (nSPS) is 15.8. The van der Waals surface area contributed by atoms with Crippen molar-refractivity contribution in [2.75, 3.05) is 53.0 Å². The van der Waals surface area contributed by atoms with Gasteiger partial charge in [-0.3, -0.25) is 24.1 Å². The maximum atomic E-state index is 13.6. The number of nitrogens with zero attached hydrogens (tertiary/aromatic N) is 3. The number of hydrogen-bond donors (Lipinski definition) is 3. The molecule has 53 heavy (non-hydrogen) atoms. The summed E-state index contributed by atoms with van der Waals surface area (Å²) in [6.45, 7) is 2.51. The molecular weight excluding hydrogens is 688 g/mol. The summed E-state index contributed by atoms with van der Waals surface area (Å²) < 4.78 is 23.9. The van der Waals surface area contributed by atoms with Gasteiger partial charge in [0.05, 0.1) is 23.3 Å². The minimum atomic E-state index is -1.82. The van der Waals surface area contributed by atoms with Crippen molar-refractivity contribution in [1.29, 1.82) is 0 Å². The van der Waals surface area contributed by atoms with Gasteiger partial charge in [0.15, 0.2) is 18.4 Å². The van der Waals surface area contributed by atoms with Crippen LogP contribution in [0.4, 0.5) is 0 Å². The first-order chi connectivity index (χ1) is 25.7. The van der Waals surface area contributed by atoms with E-state index in [4.69, 9.17) is 18.9 Å². The SMILES string of the molecule is COC([C@@H](OC(=O)c1ccccc1)[C@H](OC(=O)c1ccccc1)[C@H](O)COC(=O)c1ccccc1)n1cc(CN2CCN(CCO)CC2)c(=O)[nH]c1=O. The molecule has 0 radical (unpaired) electrons. The van der Waals surface area contributed by atoms with Crippen molar-refractivity contribution in [2.24, 2.45) is 0 Å². The first-order valence-corrected chi connectivity index (χ1v) is 17.0. The Kier molecular flexibility index (Phi) is 13.8. The molecule has 280 valence electrons. The quantitative estimate of drug-likeness (QED) is 0.111. The summed E-state index contributed by atoms with van der Waals surface area (Å²) in [5, 5.41) is 20.9. The zero-order valence-electron chi connectivity index (χ0n) is 29.1. The van der Waals surface area contributed by atoms with Gasteiger partial charge in [0, 0.05) is 58.1 Å². The van der Waals surface area contributed by atoms with Gasteiger partial charge in [-0.05, 0) is 36.4 Å². The maximum Gasteiger partial charge on any atom is 0.338 e. The van der Waals surface area contributed by atoms with Gasteiger partial charge in [-0.1, -0.05) is 54.6 Å². The topological polar surface area (TPSA) is 190 Å². The fraction of sp³-hybridized carbons (Fsp3) is 0.342. The Hall–Kier alpha value is -5.45. The highest BCUT2D eigenvalue weighted by Gasteiger charge is 2.43. The first kappa shape index (κ1) is 38.8. The number of carbonyl (C=O) groups is 3. The lowest BCUT2D eigenvalue weighted by Crippen LogP contribution is -2.52. The molecule has 1 fully saturated rings. The van der Waals surface area contributed by atoms with Crippen LogP contribution in [0.15, 0.2) is 107 Å². The van der Waals surface area contributed by atoms with Crippen molar-refractivity contribution < 1.29 is 43.5 Å². The number of methoxy groups -OCH3 is 1. The van der Waals surface area contributed by atoms with Crippen LogP contribution in [-0.4, -0.2) is 119 Å². The monoisotopic (exact) mass is 730 g/mol. The van der Waals surface area contributed by atoms with E-state index in [0.717, 1.165) is 4.57 Å². The number of esters is 3. The van der Waals surface area contributed by atoms with Crippen LogP contribution >= 0.6 is 0 Å². The van der Waals surface area contributed by atoms with Crippen molar-refractivity contribution in [1.82, 2.24) is 19.4 Å². The molecule has 0 aliphatic carbocycles. The number of ether oxygens (including phenoxy) is 4. The third-order valence-corrected chi connectivity index (χ3v) is 8.72. The summed E-state index contributed by atoms with van der Waals surface area (Å²) in [5.74, 6) is -2.61. The van der Waals surface area contributed by atoms with Crippen LogP contribution in [0.1, 0.15) is 42.9 Å². The van der Waals surface area contributed by atoms with Crippen LogP contribution in [0.2, 0.25) is 0 Å². The van der Waals surface area contributed by atoms with Gasteiger partial charge >= 0.3 is 23.6 Å². The molecule has 4 atom stereocenters. The molecule has 4 aromatic rings. The largest absolute Gasteiger partial charge is 0.459 e. The molecule has 0 saturated carbocycles. The molecule has 2 heterocycles. The van der Waals surface area contributed by atoms with Gasteiger partial charge in [0.2, 0.25) is 0 Å².